The molecule has 2 aromatic rings. The van der Waals surface area contributed by atoms with Crippen LogP contribution in [-0.2, 0) is 4.79 Å². The highest BCUT2D eigenvalue weighted by Gasteiger charge is 2.17. The predicted molar refractivity (Wildman–Crippen MR) is 109 cm³/mol. The van der Waals surface area contributed by atoms with Crippen molar-refractivity contribution < 1.29 is 19.2 Å². The van der Waals surface area contributed by atoms with Gasteiger partial charge in [-0.15, -0.1) is 0 Å². The van der Waals surface area contributed by atoms with Crippen LogP contribution in [0.5, 0.6) is 5.75 Å². The molecule has 0 saturated carbocycles. The lowest BCUT2D eigenvalue weighted by Crippen LogP contribution is -2.35. The minimum absolute atomic E-state index is 0.0162. The minimum atomic E-state index is -0.523. The molecule has 0 aromatic heterocycles. The summed E-state index contributed by atoms with van der Waals surface area (Å²) in [5.74, 6) is -0.635. The smallest absolute Gasteiger partial charge is 0.270 e. The van der Waals surface area contributed by atoms with E-state index < -0.39 is 16.7 Å². The third-order valence-electron chi connectivity index (χ3n) is 4.05. The molecule has 0 bridgehead atoms. The van der Waals surface area contributed by atoms with Crippen molar-refractivity contribution in [3.05, 3.63) is 75.5 Å². The summed E-state index contributed by atoms with van der Waals surface area (Å²) in [6.07, 6.45) is 3.09. The molecule has 152 valence electrons. The summed E-state index contributed by atoms with van der Waals surface area (Å²) in [6, 6.07) is 12.4. The molecule has 2 amide bonds. The molecule has 0 aliphatic rings. The second kappa shape index (κ2) is 10.6. The molecule has 0 radical (unpaired) electrons. The number of nitro groups is 1. The number of benzene rings is 2. The van der Waals surface area contributed by atoms with Gasteiger partial charge in [-0.1, -0.05) is 37.6 Å². The van der Waals surface area contributed by atoms with Crippen LogP contribution in [0.2, 0.25) is 0 Å². The van der Waals surface area contributed by atoms with Crippen molar-refractivity contribution in [1.29, 1.82) is 0 Å². The summed E-state index contributed by atoms with van der Waals surface area (Å²) in [4.78, 5) is 35.8. The van der Waals surface area contributed by atoms with Crippen molar-refractivity contribution in [3.8, 4) is 5.75 Å². The number of amides is 2. The van der Waals surface area contributed by atoms with E-state index in [9.17, 15) is 19.7 Å². The normalized spacial score (nSPS) is 10.9. The first-order chi connectivity index (χ1) is 14.0. The molecule has 29 heavy (non-hydrogen) atoms. The molecule has 0 saturated heterocycles. The number of nitrogens with one attached hydrogen (secondary N) is 2. The van der Waals surface area contributed by atoms with E-state index in [1.54, 1.807) is 30.3 Å². The van der Waals surface area contributed by atoms with Gasteiger partial charge >= 0.3 is 0 Å². The van der Waals surface area contributed by atoms with Crippen molar-refractivity contribution in [3.63, 3.8) is 0 Å². The number of hydrogen-bond donors (Lipinski definition) is 2. The first kappa shape index (κ1) is 21.6. The lowest BCUT2D eigenvalue weighted by molar-refractivity contribution is -0.384. The van der Waals surface area contributed by atoms with E-state index in [1.165, 1.54) is 31.4 Å². The van der Waals surface area contributed by atoms with E-state index in [0.717, 1.165) is 12.8 Å². The number of ether oxygens (including phenoxy) is 1. The van der Waals surface area contributed by atoms with Crippen LogP contribution in [-0.4, -0.2) is 30.4 Å². The summed E-state index contributed by atoms with van der Waals surface area (Å²) < 4.78 is 5.19. The number of non-ortho nitro benzene ring substituents is 1. The topological polar surface area (TPSA) is 111 Å². The molecule has 0 atom stereocenters. The molecule has 2 aromatic carbocycles. The van der Waals surface area contributed by atoms with Gasteiger partial charge in [0.05, 0.1) is 17.6 Å². The summed E-state index contributed by atoms with van der Waals surface area (Å²) in [7, 11) is 1.45. The van der Waals surface area contributed by atoms with Crippen molar-refractivity contribution in [2.45, 2.75) is 19.8 Å². The van der Waals surface area contributed by atoms with Crippen LogP contribution in [0.3, 0.4) is 0 Å². The fourth-order valence-corrected chi connectivity index (χ4v) is 2.55. The largest absolute Gasteiger partial charge is 0.496 e. The Morgan fingerprint density at radius 2 is 1.93 bits per heavy atom. The molecular formula is C21H23N3O5. The number of carbonyl (C=O) groups excluding carboxylic acids is 2. The number of nitrogens with zero attached hydrogens (tertiary/aromatic N) is 1. The molecule has 0 aliphatic heterocycles. The fraction of sp³-hybridized carbons (Fsp3) is 0.238. The second-order valence-corrected chi connectivity index (χ2v) is 6.17. The van der Waals surface area contributed by atoms with Crippen LogP contribution < -0.4 is 15.4 Å². The SMILES string of the molecule is CCCCNC(=O)/C(=C/c1cccc([N+](=O)[O-])c1)NC(=O)c1ccccc1OC. The number of methoxy groups -OCH3 is 1. The van der Waals surface area contributed by atoms with E-state index in [2.05, 4.69) is 10.6 Å². The number of para-hydroxylation sites is 1. The number of hydrogen-bond acceptors (Lipinski definition) is 5. The van der Waals surface area contributed by atoms with Crippen molar-refractivity contribution in [1.82, 2.24) is 10.6 Å². The van der Waals surface area contributed by atoms with E-state index in [-0.39, 0.29) is 16.9 Å². The van der Waals surface area contributed by atoms with Crippen molar-refractivity contribution in [2.75, 3.05) is 13.7 Å². The highest BCUT2D eigenvalue weighted by atomic mass is 16.6. The summed E-state index contributed by atoms with van der Waals surface area (Å²) in [5, 5.41) is 16.3. The Bertz CT molecular complexity index is 924. The number of rotatable bonds is 9. The quantitative estimate of drug-likeness (QED) is 0.292. The van der Waals surface area contributed by atoms with Gasteiger partial charge in [-0.3, -0.25) is 19.7 Å². The predicted octanol–water partition coefficient (Wildman–Crippen LogP) is 3.29. The zero-order valence-corrected chi connectivity index (χ0v) is 16.3. The molecule has 2 rings (SSSR count). The Morgan fingerprint density at radius 1 is 1.17 bits per heavy atom. The maximum atomic E-state index is 12.7. The van der Waals surface area contributed by atoms with Gasteiger partial charge < -0.3 is 15.4 Å². The van der Waals surface area contributed by atoms with Crippen molar-refractivity contribution in [2.24, 2.45) is 0 Å². The zero-order chi connectivity index (χ0) is 21.2. The lowest BCUT2D eigenvalue weighted by atomic mass is 10.1. The van der Waals surface area contributed by atoms with Crippen LogP contribution in [0.25, 0.3) is 6.08 Å². The van der Waals surface area contributed by atoms with Crippen LogP contribution in [0.1, 0.15) is 35.7 Å². The number of nitro benzene ring substituents is 1. The second-order valence-electron chi connectivity index (χ2n) is 6.17. The van der Waals surface area contributed by atoms with Crippen LogP contribution in [0.4, 0.5) is 5.69 Å². The van der Waals surface area contributed by atoms with Crippen LogP contribution in [0, 0.1) is 10.1 Å². The monoisotopic (exact) mass is 397 g/mol. The highest BCUT2D eigenvalue weighted by molar-refractivity contribution is 6.06. The van der Waals surface area contributed by atoms with Crippen LogP contribution >= 0.6 is 0 Å². The average Bonchev–Trinajstić information content (AvgIpc) is 2.73. The van der Waals surface area contributed by atoms with E-state index >= 15 is 0 Å². The Morgan fingerprint density at radius 3 is 2.62 bits per heavy atom. The van der Waals surface area contributed by atoms with Gasteiger partial charge in [0.25, 0.3) is 17.5 Å². The van der Waals surface area contributed by atoms with Gasteiger partial charge in [-0.2, -0.15) is 0 Å². The third-order valence-corrected chi connectivity index (χ3v) is 4.05. The molecule has 8 heteroatoms. The van der Waals surface area contributed by atoms with E-state index in [0.29, 0.717) is 17.9 Å². The van der Waals surface area contributed by atoms with Crippen LogP contribution in [0.15, 0.2) is 54.2 Å². The van der Waals surface area contributed by atoms with E-state index in [1.807, 2.05) is 6.92 Å². The van der Waals surface area contributed by atoms with Gasteiger partial charge in [0.1, 0.15) is 11.4 Å². The number of unbranched alkanes of at least 4 members (excludes halogenated alkanes) is 1. The molecule has 0 heterocycles. The van der Waals surface area contributed by atoms with Gasteiger partial charge in [0.2, 0.25) is 0 Å². The molecule has 0 spiro atoms. The summed E-state index contributed by atoms with van der Waals surface area (Å²) in [6.45, 7) is 2.45. The third kappa shape index (κ3) is 6.17. The zero-order valence-electron chi connectivity index (χ0n) is 16.3. The van der Waals surface area contributed by atoms with Gasteiger partial charge in [-0.25, -0.2) is 0 Å². The Hall–Kier alpha value is -3.68. The average molecular weight is 397 g/mol. The summed E-state index contributed by atoms with van der Waals surface area (Å²) >= 11 is 0. The molecule has 0 unspecified atom stereocenters. The van der Waals surface area contributed by atoms with Gasteiger partial charge in [-0.05, 0) is 30.2 Å². The number of carbonyl (C=O) groups is 2. The maximum absolute atomic E-state index is 12.7. The maximum Gasteiger partial charge on any atom is 0.270 e. The highest BCUT2D eigenvalue weighted by Crippen LogP contribution is 2.19. The first-order valence-corrected chi connectivity index (χ1v) is 9.15. The first-order valence-electron chi connectivity index (χ1n) is 9.15. The molecule has 0 aliphatic carbocycles. The van der Waals surface area contributed by atoms with Gasteiger partial charge in [0, 0.05) is 18.7 Å². The van der Waals surface area contributed by atoms with Gasteiger partial charge in [0.15, 0.2) is 0 Å². The fourth-order valence-electron chi connectivity index (χ4n) is 2.55. The molecular weight excluding hydrogens is 374 g/mol. The Kier molecular flexibility index (Phi) is 7.90. The Labute approximate surface area is 168 Å². The van der Waals surface area contributed by atoms with E-state index in [4.69, 9.17) is 4.74 Å². The van der Waals surface area contributed by atoms with Crippen molar-refractivity contribution >= 4 is 23.6 Å². The summed E-state index contributed by atoms with van der Waals surface area (Å²) in [5.41, 5.74) is 0.555. The standard InChI is InChI=1S/C21H23N3O5/c1-3-4-12-22-21(26)18(14-15-8-7-9-16(13-15)24(27)28)23-20(25)17-10-5-6-11-19(17)29-2/h5-11,13-14H,3-4,12H2,1-2H3,(H,22,26)(H,23,25)/b18-14-. The molecule has 2 N–H and O–H groups in total. The minimum Gasteiger partial charge on any atom is -0.496 e. The lowest BCUT2D eigenvalue weighted by Gasteiger charge is -2.12. The molecule has 0 fully saturated rings. The Balaban J connectivity index is 2.34. The molecule has 8 nitrogen and oxygen atoms in total.